The monoisotopic (exact) mass is 168 g/mol. The van der Waals surface area contributed by atoms with Crippen molar-refractivity contribution in [2.24, 2.45) is 11.3 Å². The van der Waals surface area contributed by atoms with Gasteiger partial charge in [-0.1, -0.05) is 40.0 Å². The lowest BCUT2D eigenvalue weighted by molar-refractivity contribution is -0.128. The molecule has 0 atom stereocenters. The normalized spacial score (nSPS) is 18.9. The molecule has 1 heteroatoms. The van der Waals surface area contributed by atoms with Crippen LogP contribution in [0.25, 0.3) is 0 Å². The Morgan fingerprint density at radius 2 is 2.00 bits per heavy atom. The Labute approximate surface area is 75.5 Å². The Balaban J connectivity index is 2.35. The van der Waals surface area contributed by atoms with Crippen molar-refractivity contribution in [1.29, 1.82) is 0 Å². The highest BCUT2D eigenvalue weighted by Crippen LogP contribution is 2.33. The Morgan fingerprint density at radius 3 is 2.33 bits per heavy atom. The molecule has 70 valence electrons. The van der Waals surface area contributed by atoms with Crippen LogP contribution in [0.4, 0.5) is 0 Å². The number of carbonyl (C=O) groups excluding carboxylic acids is 1. The number of hydrogen-bond acceptors (Lipinski definition) is 1. The Bertz CT molecular complexity index is 166. The fourth-order valence-electron chi connectivity index (χ4n) is 1.43. The smallest absolute Gasteiger partial charge is 0.138 e. The molecule has 0 unspecified atom stereocenters. The van der Waals surface area contributed by atoms with Crippen LogP contribution in [0.5, 0.6) is 0 Å². The molecule has 1 nitrogen and oxygen atoms in total. The van der Waals surface area contributed by atoms with Crippen LogP contribution in [-0.4, -0.2) is 5.78 Å². The minimum Gasteiger partial charge on any atom is -0.299 e. The van der Waals surface area contributed by atoms with Crippen LogP contribution in [0, 0.1) is 11.3 Å². The summed E-state index contributed by atoms with van der Waals surface area (Å²) in [6, 6.07) is 0. The van der Waals surface area contributed by atoms with E-state index in [1.165, 1.54) is 19.3 Å². The second-order valence-corrected chi connectivity index (χ2v) is 4.66. The van der Waals surface area contributed by atoms with E-state index >= 15 is 0 Å². The molecular formula is C11H20O. The van der Waals surface area contributed by atoms with Crippen LogP contribution in [0.2, 0.25) is 0 Å². The largest absolute Gasteiger partial charge is 0.299 e. The third-order valence-electron chi connectivity index (χ3n) is 3.34. The van der Waals surface area contributed by atoms with Crippen LogP contribution in [-0.2, 0) is 4.79 Å². The number of carbonyl (C=O) groups is 1. The average molecular weight is 168 g/mol. The van der Waals surface area contributed by atoms with E-state index in [1.54, 1.807) is 0 Å². The molecule has 0 aromatic heterocycles. The fourth-order valence-corrected chi connectivity index (χ4v) is 1.43. The van der Waals surface area contributed by atoms with Gasteiger partial charge < -0.3 is 0 Å². The van der Waals surface area contributed by atoms with Crippen LogP contribution in [0.15, 0.2) is 0 Å². The van der Waals surface area contributed by atoms with Gasteiger partial charge in [-0.25, -0.2) is 0 Å². The van der Waals surface area contributed by atoms with E-state index in [0.29, 0.717) is 5.78 Å². The molecule has 0 aliphatic heterocycles. The van der Waals surface area contributed by atoms with E-state index in [-0.39, 0.29) is 5.41 Å². The highest BCUT2D eigenvalue weighted by molar-refractivity contribution is 5.84. The zero-order chi connectivity index (χ0) is 9.19. The van der Waals surface area contributed by atoms with Crippen molar-refractivity contribution in [3.05, 3.63) is 0 Å². The molecule has 0 aromatic rings. The average Bonchev–Trinajstić information content (AvgIpc) is 1.96. The van der Waals surface area contributed by atoms with Crippen LogP contribution in [0.1, 0.15) is 52.9 Å². The molecule has 1 aliphatic rings. The van der Waals surface area contributed by atoms with Gasteiger partial charge in [-0.05, 0) is 12.3 Å². The maximum atomic E-state index is 11.7. The summed E-state index contributed by atoms with van der Waals surface area (Å²) in [6.07, 6.45) is 5.71. The van der Waals surface area contributed by atoms with Gasteiger partial charge in [0.25, 0.3) is 0 Å². The molecule has 1 fully saturated rings. The van der Waals surface area contributed by atoms with E-state index in [9.17, 15) is 4.79 Å². The summed E-state index contributed by atoms with van der Waals surface area (Å²) >= 11 is 0. The van der Waals surface area contributed by atoms with Gasteiger partial charge in [-0.2, -0.15) is 0 Å². The number of hydrogen-bond donors (Lipinski definition) is 0. The van der Waals surface area contributed by atoms with E-state index in [0.717, 1.165) is 18.8 Å². The molecule has 0 N–H and O–H groups in total. The van der Waals surface area contributed by atoms with Crippen molar-refractivity contribution in [2.75, 3.05) is 0 Å². The molecule has 1 saturated carbocycles. The van der Waals surface area contributed by atoms with Crippen molar-refractivity contribution < 1.29 is 4.79 Å². The third kappa shape index (κ3) is 2.09. The van der Waals surface area contributed by atoms with E-state index in [2.05, 4.69) is 20.8 Å². The van der Waals surface area contributed by atoms with Gasteiger partial charge in [0, 0.05) is 11.8 Å². The predicted octanol–water partition coefficient (Wildman–Crippen LogP) is 3.18. The molecular weight excluding hydrogens is 148 g/mol. The zero-order valence-electron chi connectivity index (χ0n) is 8.52. The second kappa shape index (κ2) is 3.59. The van der Waals surface area contributed by atoms with Gasteiger partial charge in [0.15, 0.2) is 0 Å². The Morgan fingerprint density at radius 1 is 1.42 bits per heavy atom. The standard InChI is InChI=1S/C11H20O/c1-4-11(2,3)10(12)8-9-6-5-7-9/h9H,4-8H2,1-3H3. The van der Waals surface area contributed by atoms with Crippen LogP contribution < -0.4 is 0 Å². The lowest BCUT2D eigenvalue weighted by atomic mass is 9.75. The van der Waals surface area contributed by atoms with E-state index < -0.39 is 0 Å². The first kappa shape index (κ1) is 9.76. The molecule has 0 bridgehead atoms. The third-order valence-corrected chi connectivity index (χ3v) is 3.34. The van der Waals surface area contributed by atoms with Gasteiger partial charge in [-0.3, -0.25) is 4.79 Å². The predicted molar refractivity (Wildman–Crippen MR) is 51.0 cm³/mol. The highest BCUT2D eigenvalue weighted by Gasteiger charge is 2.29. The topological polar surface area (TPSA) is 17.1 Å². The first-order valence-corrected chi connectivity index (χ1v) is 5.09. The molecule has 0 radical (unpaired) electrons. The van der Waals surface area contributed by atoms with Crippen molar-refractivity contribution in [3.8, 4) is 0 Å². The van der Waals surface area contributed by atoms with Gasteiger partial charge in [-0.15, -0.1) is 0 Å². The summed E-state index contributed by atoms with van der Waals surface area (Å²) < 4.78 is 0. The summed E-state index contributed by atoms with van der Waals surface area (Å²) in [6.45, 7) is 6.22. The molecule has 0 aromatic carbocycles. The van der Waals surface area contributed by atoms with Gasteiger partial charge in [0.1, 0.15) is 5.78 Å². The van der Waals surface area contributed by atoms with E-state index in [4.69, 9.17) is 0 Å². The minimum atomic E-state index is -0.0738. The molecule has 12 heavy (non-hydrogen) atoms. The van der Waals surface area contributed by atoms with E-state index in [1.807, 2.05) is 0 Å². The zero-order valence-corrected chi connectivity index (χ0v) is 8.52. The maximum Gasteiger partial charge on any atom is 0.138 e. The van der Waals surface area contributed by atoms with Crippen molar-refractivity contribution in [1.82, 2.24) is 0 Å². The van der Waals surface area contributed by atoms with Crippen LogP contribution in [0.3, 0.4) is 0 Å². The summed E-state index contributed by atoms with van der Waals surface area (Å²) in [5, 5.41) is 0. The number of ketones is 1. The quantitative estimate of drug-likeness (QED) is 0.630. The van der Waals surface area contributed by atoms with Gasteiger partial charge in [0.05, 0.1) is 0 Å². The fraction of sp³-hybridized carbons (Fsp3) is 0.909. The molecule has 0 heterocycles. The lowest BCUT2D eigenvalue weighted by Gasteiger charge is -2.29. The lowest BCUT2D eigenvalue weighted by Crippen LogP contribution is -2.27. The number of Topliss-reactive ketones (excluding diaryl/α,β-unsaturated/α-hetero) is 1. The first-order valence-electron chi connectivity index (χ1n) is 5.09. The SMILES string of the molecule is CCC(C)(C)C(=O)CC1CCC1. The molecule has 0 spiro atoms. The molecule has 0 saturated heterocycles. The first-order chi connectivity index (χ1) is 5.56. The minimum absolute atomic E-state index is 0.0738. The summed E-state index contributed by atoms with van der Waals surface area (Å²) in [5.41, 5.74) is -0.0738. The number of rotatable bonds is 4. The highest BCUT2D eigenvalue weighted by atomic mass is 16.1. The van der Waals surface area contributed by atoms with Crippen molar-refractivity contribution in [3.63, 3.8) is 0 Å². The molecule has 1 rings (SSSR count). The second-order valence-electron chi connectivity index (χ2n) is 4.66. The molecule has 1 aliphatic carbocycles. The summed E-state index contributed by atoms with van der Waals surface area (Å²) in [4.78, 5) is 11.7. The molecule has 0 amide bonds. The van der Waals surface area contributed by atoms with Crippen molar-refractivity contribution in [2.45, 2.75) is 52.9 Å². The van der Waals surface area contributed by atoms with Gasteiger partial charge in [0.2, 0.25) is 0 Å². The maximum absolute atomic E-state index is 11.7. The Kier molecular flexibility index (Phi) is 2.92. The van der Waals surface area contributed by atoms with Gasteiger partial charge >= 0.3 is 0 Å². The van der Waals surface area contributed by atoms with Crippen molar-refractivity contribution >= 4 is 5.78 Å². The Hall–Kier alpha value is -0.330. The summed E-state index contributed by atoms with van der Waals surface area (Å²) in [7, 11) is 0. The summed E-state index contributed by atoms with van der Waals surface area (Å²) in [5.74, 6) is 1.19. The van der Waals surface area contributed by atoms with Crippen LogP contribution >= 0.6 is 0 Å².